The van der Waals surface area contributed by atoms with Crippen molar-refractivity contribution in [1.82, 2.24) is 15.1 Å². The van der Waals surface area contributed by atoms with Crippen LogP contribution in [0, 0.1) is 13.8 Å². The van der Waals surface area contributed by atoms with Gasteiger partial charge in [0.2, 0.25) is 0 Å². The number of aromatic nitrogens is 2. The molecule has 1 aromatic heterocycles. The molecule has 2 N–H and O–H groups in total. The Kier molecular flexibility index (Phi) is 6.32. The lowest BCUT2D eigenvalue weighted by Gasteiger charge is -2.10. The van der Waals surface area contributed by atoms with E-state index < -0.39 is 0 Å². The topological polar surface area (TPSA) is 41.9 Å². The maximum atomic E-state index is 4.79. The summed E-state index contributed by atoms with van der Waals surface area (Å²) in [6.07, 6.45) is 1.05. The number of benzene rings is 2. The number of nitrogens with zero attached hydrogens (tertiary/aromatic N) is 2. The number of nitrogens with one attached hydrogen (secondary N) is 2. The van der Waals surface area contributed by atoms with E-state index in [9.17, 15) is 0 Å². The van der Waals surface area contributed by atoms with Crippen molar-refractivity contribution >= 4 is 11.4 Å². The number of aryl methyl sites for hydroxylation is 3. The third kappa shape index (κ3) is 4.70. The lowest BCUT2D eigenvalue weighted by Crippen LogP contribution is -2.07. The second-order valence-electron chi connectivity index (χ2n) is 7.27. The van der Waals surface area contributed by atoms with Gasteiger partial charge in [-0.05, 0) is 67.8 Å². The zero-order chi connectivity index (χ0) is 20.1. The number of hydrogen-bond donors (Lipinski definition) is 2. The summed E-state index contributed by atoms with van der Waals surface area (Å²) in [5.41, 5.74) is 9.06. The van der Waals surface area contributed by atoms with Gasteiger partial charge in [-0.15, -0.1) is 0 Å². The summed E-state index contributed by atoms with van der Waals surface area (Å²) in [4.78, 5) is 0. The predicted octanol–water partition coefficient (Wildman–Crippen LogP) is 4.91. The van der Waals surface area contributed by atoms with Gasteiger partial charge >= 0.3 is 0 Å². The summed E-state index contributed by atoms with van der Waals surface area (Å²) in [6, 6.07) is 17.1. The van der Waals surface area contributed by atoms with Crippen molar-refractivity contribution in [2.24, 2.45) is 0 Å². The van der Waals surface area contributed by atoms with E-state index in [0.29, 0.717) is 0 Å². The molecule has 4 heteroatoms. The molecular weight excluding hydrogens is 344 g/mol. The highest BCUT2D eigenvalue weighted by molar-refractivity contribution is 5.73. The lowest BCUT2D eigenvalue weighted by atomic mass is 10.0. The molecule has 28 heavy (non-hydrogen) atoms. The summed E-state index contributed by atoms with van der Waals surface area (Å²) in [5, 5.41) is 11.3. The Morgan fingerprint density at radius 3 is 2.43 bits per heavy atom. The normalized spacial score (nSPS) is 10.9. The second kappa shape index (κ2) is 8.89. The van der Waals surface area contributed by atoms with Crippen molar-refractivity contribution in [2.45, 2.75) is 40.3 Å². The largest absolute Gasteiger partial charge is 0.354 e. The first kappa shape index (κ1) is 19.9. The van der Waals surface area contributed by atoms with Gasteiger partial charge in [0.05, 0.1) is 12.2 Å². The van der Waals surface area contributed by atoms with E-state index in [4.69, 9.17) is 5.10 Å². The minimum Gasteiger partial charge on any atom is -0.354 e. The zero-order valence-electron chi connectivity index (χ0n) is 17.3. The Hall–Kier alpha value is -2.85. The number of hydrogen-bond acceptors (Lipinski definition) is 3. The predicted molar refractivity (Wildman–Crippen MR) is 118 cm³/mol. The van der Waals surface area contributed by atoms with Gasteiger partial charge in [0.25, 0.3) is 0 Å². The fourth-order valence-electron chi connectivity index (χ4n) is 3.24. The standard InChI is InChI=1S/C24H30N4/c1-6-20-8-7-17(2)22(14-20)16-28-18(3)13-24(27-28)19(4)26-23-11-9-21(10-12-23)15-25-5/h7-14,25-26H,4,6,15-16H2,1-3,5H3. The van der Waals surface area contributed by atoms with Crippen molar-refractivity contribution < 1.29 is 0 Å². The Bertz CT molecular complexity index is 951. The Balaban J connectivity index is 1.73. The van der Waals surface area contributed by atoms with Crippen LogP contribution in [0.1, 0.15) is 40.6 Å². The fraction of sp³-hybridized carbons (Fsp3) is 0.292. The van der Waals surface area contributed by atoms with Gasteiger partial charge in [0.1, 0.15) is 5.69 Å². The molecule has 0 spiro atoms. The van der Waals surface area contributed by atoms with Crippen LogP contribution in [0.25, 0.3) is 5.70 Å². The van der Waals surface area contributed by atoms with Crippen LogP contribution in [-0.4, -0.2) is 16.8 Å². The van der Waals surface area contributed by atoms with E-state index in [0.717, 1.165) is 42.3 Å². The molecule has 3 aromatic rings. The molecular formula is C24H30N4. The highest BCUT2D eigenvalue weighted by Gasteiger charge is 2.10. The molecule has 0 amide bonds. The summed E-state index contributed by atoms with van der Waals surface area (Å²) < 4.78 is 2.06. The van der Waals surface area contributed by atoms with Gasteiger partial charge in [0, 0.05) is 17.9 Å². The minimum atomic E-state index is 0.775. The van der Waals surface area contributed by atoms with Gasteiger partial charge in [-0.3, -0.25) is 4.68 Å². The van der Waals surface area contributed by atoms with E-state index >= 15 is 0 Å². The van der Waals surface area contributed by atoms with E-state index in [2.05, 4.69) is 91.2 Å². The Labute approximate surface area is 168 Å². The molecule has 0 fully saturated rings. The monoisotopic (exact) mass is 374 g/mol. The van der Waals surface area contributed by atoms with Crippen molar-refractivity contribution in [3.8, 4) is 0 Å². The molecule has 0 aliphatic heterocycles. The molecule has 0 saturated carbocycles. The molecule has 146 valence electrons. The van der Waals surface area contributed by atoms with Crippen molar-refractivity contribution in [2.75, 3.05) is 12.4 Å². The van der Waals surface area contributed by atoms with Crippen molar-refractivity contribution in [3.63, 3.8) is 0 Å². The first-order valence-corrected chi connectivity index (χ1v) is 9.83. The molecule has 0 bridgehead atoms. The van der Waals surface area contributed by atoms with E-state index in [-0.39, 0.29) is 0 Å². The van der Waals surface area contributed by atoms with Crippen LogP contribution in [0.15, 0.2) is 55.1 Å². The maximum absolute atomic E-state index is 4.79. The molecule has 0 radical (unpaired) electrons. The van der Waals surface area contributed by atoms with Crippen LogP contribution in [0.4, 0.5) is 5.69 Å². The highest BCUT2D eigenvalue weighted by atomic mass is 15.3. The van der Waals surface area contributed by atoms with Gasteiger partial charge in [-0.1, -0.05) is 43.8 Å². The van der Waals surface area contributed by atoms with Gasteiger partial charge in [-0.25, -0.2) is 0 Å². The third-order valence-corrected chi connectivity index (χ3v) is 5.06. The van der Waals surface area contributed by atoms with Crippen LogP contribution in [-0.2, 0) is 19.5 Å². The first-order chi connectivity index (χ1) is 13.5. The average molecular weight is 375 g/mol. The lowest BCUT2D eigenvalue weighted by molar-refractivity contribution is 0.659. The molecule has 0 atom stereocenters. The summed E-state index contributed by atoms with van der Waals surface area (Å²) in [5.74, 6) is 0. The summed E-state index contributed by atoms with van der Waals surface area (Å²) in [6.45, 7) is 12.3. The second-order valence-corrected chi connectivity index (χ2v) is 7.27. The molecule has 0 saturated heterocycles. The molecule has 2 aromatic carbocycles. The smallest absolute Gasteiger partial charge is 0.108 e. The van der Waals surface area contributed by atoms with E-state index in [1.54, 1.807) is 0 Å². The van der Waals surface area contributed by atoms with Crippen LogP contribution < -0.4 is 10.6 Å². The van der Waals surface area contributed by atoms with Gasteiger partial charge in [0.15, 0.2) is 0 Å². The Morgan fingerprint density at radius 2 is 1.75 bits per heavy atom. The Morgan fingerprint density at radius 1 is 1.04 bits per heavy atom. The average Bonchev–Trinajstić information content (AvgIpc) is 3.06. The molecule has 0 unspecified atom stereocenters. The number of anilines is 1. The maximum Gasteiger partial charge on any atom is 0.108 e. The van der Waals surface area contributed by atoms with Crippen LogP contribution in [0.5, 0.6) is 0 Å². The van der Waals surface area contributed by atoms with Crippen LogP contribution in [0.3, 0.4) is 0 Å². The zero-order valence-corrected chi connectivity index (χ0v) is 17.3. The SMILES string of the molecule is C=C(Nc1ccc(CNC)cc1)c1cc(C)n(Cc2cc(CC)ccc2C)n1. The van der Waals surface area contributed by atoms with E-state index in [1.807, 2.05) is 7.05 Å². The van der Waals surface area contributed by atoms with Gasteiger partial charge < -0.3 is 10.6 Å². The summed E-state index contributed by atoms with van der Waals surface area (Å²) in [7, 11) is 1.95. The molecule has 4 nitrogen and oxygen atoms in total. The minimum absolute atomic E-state index is 0.775. The fourth-order valence-corrected chi connectivity index (χ4v) is 3.24. The van der Waals surface area contributed by atoms with Crippen molar-refractivity contribution in [1.29, 1.82) is 0 Å². The van der Waals surface area contributed by atoms with Crippen LogP contribution >= 0.6 is 0 Å². The first-order valence-electron chi connectivity index (χ1n) is 9.83. The van der Waals surface area contributed by atoms with Crippen LogP contribution in [0.2, 0.25) is 0 Å². The molecule has 3 rings (SSSR count). The third-order valence-electron chi connectivity index (χ3n) is 5.06. The van der Waals surface area contributed by atoms with Crippen molar-refractivity contribution in [3.05, 3.63) is 88.8 Å². The molecule has 0 aliphatic rings. The summed E-state index contributed by atoms with van der Waals surface area (Å²) >= 11 is 0. The quantitative estimate of drug-likeness (QED) is 0.588. The van der Waals surface area contributed by atoms with Gasteiger partial charge in [-0.2, -0.15) is 5.10 Å². The molecule has 1 heterocycles. The number of rotatable bonds is 8. The van der Waals surface area contributed by atoms with E-state index in [1.165, 1.54) is 22.3 Å². The highest BCUT2D eigenvalue weighted by Crippen LogP contribution is 2.20. The molecule has 0 aliphatic carbocycles.